The number of para-hydroxylation sites is 1. The summed E-state index contributed by atoms with van der Waals surface area (Å²) >= 11 is 7.24. The zero-order chi connectivity index (χ0) is 21.8. The van der Waals surface area contributed by atoms with Gasteiger partial charge in [0.15, 0.2) is 0 Å². The molecule has 31 heavy (non-hydrogen) atoms. The molecular formula is C23H18ClN3O3S. The summed E-state index contributed by atoms with van der Waals surface area (Å²) in [6, 6.07) is 16.2. The van der Waals surface area contributed by atoms with E-state index in [0.29, 0.717) is 26.9 Å². The third-order valence-corrected chi connectivity index (χ3v) is 5.68. The van der Waals surface area contributed by atoms with Crippen LogP contribution < -0.4 is 5.32 Å². The van der Waals surface area contributed by atoms with E-state index in [1.165, 1.54) is 11.3 Å². The first-order valence-electron chi connectivity index (χ1n) is 9.50. The summed E-state index contributed by atoms with van der Waals surface area (Å²) < 4.78 is 5.37. The van der Waals surface area contributed by atoms with Gasteiger partial charge in [-0.1, -0.05) is 29.8 Å². The molecule has 0 atom stereocenters. The zero-order valence-electron chi connectivity index (χ0n) is 16.6. The second-order valence-corrected chi connectivity index (χ2v) is 8.22. The van der Waals surface area contributed by atoms with Crippen molar-refractivity contribution in [2.75, 3.05) is 5.32 Å². The first kappa shape index (κ1) is 21.0. The van der Waals surface area contributed by atoms with Gasteiger partial charge in [-0.25, -0.2) is 14.8 Å². The van der Waals surface area contributed by atoms with E-state index in [4.69, 9.17) is 16.3 Å². The van der Waals surface area contributed by atoms with E-state index in [9.17, 15) is 9.59 Å². The molecule has 0 radical (unpaired) electrons. The summed E-state index contributed by atoms with van der Waals surface area (Å²) in [4.78, 5) is 33.3. The number of nitrogens with one attached hydrogen (secondary N) is 1. The van der Waals surface area contributed by atoms with Crippen LogP contribution in [0.25, 0.3) is 10.9 Å². The number of anilines is 1. The van der Waals surface area contributed by atoms with Crippen LogP contribution in [0.15, 0.2) is 60.0 Å². The number of aromatic nitrogens is 2. The molecule has 156 valence electrons. The van der Waals surface area contributed by atoms with Gasteiger partial charge in [-0.2, -0.15) is 0 Å². The maximum absolute atomic E-state index is 12.4. The summed E-state index contributed by atoms with van der Waals surface area (Å²) in [5.74, 6) is -0.597. The van der Waals surface area contributed by atoms with Crippen molar-refractivity contribution in [1.82, 2.24) is 9.97 Å². The molecule has 2 aromatic carbocycles. The Balaban J connectivity index is 1.33. The Morgan fingerprint density at radius 2 is 1.94 bits per heavy atom. The van der Waals surface area contributed by atoms with Crippen molar-refractivity contribution in [2.45, 2.75) is 20.0 Å². The van der Waals surface area contributed by atoms with Crippen LogP contribution in [-0.2, 0) is 22.6 Å². The smallest absolute Gasteiger partial charge is 0.338 e. The van der Waals surface area contributed by atoms with Gasteiger partial charge in [0.1, 0.15) is 16.8 Å². The third kappa shape index (κ3) is 5.25. The minimum atomic E-state index is -0.455. The van der Waals surface area contributed by atoms with Crippen LogP contribution in [0.1, 0.15) is 26.6 Å². The molecule has 2 aromatic heterocycles. The Morgan fingerprint density at radius 1 is 1.10 bits per heavy atom. The van der Waals surface area contributed by atoms with Crippen molar-refractivity contribution < 1.29 is 14.3 Å². The fourth-order valence-electron chi connectivity index (χ4n) is 2.99. The Bertz CT molecular complexity index is 1270. The van der Waals surface area contributed by atoms with Gasteiger partial charge in [-0.05, 0) is 48.9 Å². The molecule has 8 heteroatoms. The van der Waals surface area contributed by atoms with E-state index in [-0.39, 0.29) is 18.9 Å². The number of hydrogen-bond donors (Lipinski definition) is 1. The van der Waals surface area contributed by atoms with Gasteiger partial charge < -0.3 is 10.1 Å². The molecule has 2 heterocycles. The van der Waals surface area contributed by atoms with Crippen molar-refractivity contribution in [1.29, 1.82) is 0 Å². The molecule has 0 spiro atoms. The number of halogens is 1. The second-order valence-electron chi connectivity index (χ2n) is 6.89. The lowest BCUT2D eigenvalue weighted by molar-refractivity contribution is -0.115. The number of fused-ring (bicyclic) bond motifs is 1. The largest absolute Gasteiger partial charge is 0.456 e. The standard InChI is InChI=1S/C23H18ClN3O3S/c1-14-4-2-3-5-18(14)27-21(28)11-22-25-17(13-31-22)12-30-23(29)16-6-8-19-15(10-16)7-9-20(24)26-19/h2-10,13H,11-12H2,1H3,(H,27,28). The molecule has 1 N–H and O–H groups in total. The summed E-state index contributed by atoms with van der Waals surface area (Å²) in [7, 11) is 0. The summed E-state index contributed by atoms with van der Waals surface area (Å²) in [6.07, 6.45) is 0.160. The van der Waals surface area contributed by atoms with E-state index in [1.54, 1.807) is 35.7 Å². The van der Waals surface area contributed by atoms with E-state index in [2.05, 4.69) is 15.3 Å². The lowest BCUT2D eigenvalue weighted by Crippen LogP contribution is -2.15. The molecule has 0 fully saturated rings. The molecular weight excluding hydrogens is 434 g/mol. The van der Waals surface area contributed by atoms with Gasteiger partial charge in [0.05, 0.1) is 23.2 Å². The highest BCUT2D eigenvalue weighted by molar-refractivity contribution is 7.09. The van der Waals surface area contributed by atoms with Crippen LogP contribution in [0.4, 0.5) is 5.69 Å². The molecule has 1 amide bonds. The number of esters is 1. The third-order valence-electron chi connectivity index (χ3n) is 4.57. The van der Waals surface area contributed by atoms with E-state index >= 15 is 0 Å². The molecule has 0 aliphatic heterocycles. The molecule has 0 unspecified atom stereocenters. The monoisotopic (exact) mass is 451 g/mol. The SMILES string of the molecule is Cc1ccccc1NC(=O)Cc1nc(COC(=O)c2ccc3nc(Cl)ccc3c2)cs1. The van der Waals surface area contributed by atoms with Gasteiger partial charge in [0.25, 0.3) is 0 Å². The number of thiazole rings is 1. The second kappa shape index (κ2) is 9.24. The summed E-state index contributed by atoms with van der Waals surface area (Å²) in [5.41, 5.74) is 3.51. The molecule has 0 bridgehead atoms. The van der Waals surface area contributed by atoms with Crippen LogP contribution in [0.5, 0.6) is 0 Å². The molecule has 0 saturated heterocycles. The maximum atomic E-state index is 12.4. The van der Waals surface area contributed by atoms with Crippen LogP contribution >= 0.6 is 22.9 Å². The number of carbonyl (C=O) groups is 2. The fourth-order valence-corrected chi connectivity index (χ4v) is 3.92. The minimum absolute atomic E-state index is 0.0334. The van der Waals surface area contributed by atoms with Crippen LogP contribution in [0.3, 0.4) is 0 Å². The van der Waals surface area contributed by atoms with Gasteiger partial charge >= 0.3 is 5.97 Å². The number of pyridine rings is 1. The fraction of sp³-hybridized carbons (Fsp3) is 0.130. The van der Waals surface area contributed by atoms with E-state index < -0.39 is 5.97 Å². The normalized spacial score (nSPS) is 10.8. The highest BCUT2D eigenvalue weighted by Crippen LogP contribution is 2.19. The number of carbonyl (C=O) groups excluding carboxylic acids is 2. The molecule has 4 rings (SSSR count). The predicted molar refractivity (Wildman–Crippen MR) is 121 cm³/mol. The lowest BCUT2D eigenvalue weighted by atomic mass is 10.1. The highest BCUT2D eigenvalue weighted by Gasteiger charge is 2.12. The number of rotatable bonds is 6. The van der Waals surface area contributed by atoms with Crippen molar-refractivity contribution >= 4 is 51.4 Å². The molecule has 0 aliphatic rings. The van der Waals surface area contributed by atoms with Crippen molar-refractivity contribution in [3.8, 4) is 0 Å². The maximum Gasteiger partial charge on any atom is 0.338 e. The van der Waals surface area contributed by atoms with Crippen molar-refractivity contribution in [3.05, 3.63) is 87.0 Å². The summed E-state index contributed by atoms with van der Waals surface area (Å²) in [5, 5.41) is 6.53. The molecule has 0 aliphatic carbocycles. The van der Waals surface area contributed by atoms with Crippen molar-refractivity contribution in [3.63, 3.8) is 0 Å². The Labute approximate surface area is 187 Å². The van der Waals surface area contributed by atoms with E-state index in [1.807, 2.05) is 31.2 Å². The quantitative estimate of drug-likeness (QED) is 0.322. The number of aryl methyl sites for hydroxylation is 1. The highest BCUT2D eigenvalue weighted by atomic mass is 35.5. The first-order valence-corrected chi connectivity index (χ1v) is 10.8. The molecule has 0 saturated carbocycles. The number of ether oxygens (including phenoxy) is 1. The number of amides is 1. The zero-order valence-corrected chi connectivity index (χ0v) is 18.2. The molecule has 6 nitrogen and oxygen atoms in total. The lowest BCUT2D eigenvalue weighted by Gasteiger charge is -2.06. The molecule has 4 aromatic rings. The van der Waals surface area contributed by atoms with Gasteiger partial charge in [0, 0.05) is 16.5 Å². The predicted octanol–water partition coefficient (Wildman–Crippen LogP) is 5.19. The Kier molecular flexibility index (Phi) is 6.25. The van der Waals surface area contributed by atoms with Gasteiger partial charge in [-0.3, -0.25) is 4.79 Å². The average Bonchev–Trinajstić information content (AvgIpc) is 3.20. The van der Waals surface area contributed by atoms with Crippen LogP contribution in [0.2, 0.25) is 5.15 Å². The minimum Gasteiger partial charge on any atom is -0.456 e. The number of hydrogen-bond acceptors (Lipinski definition) is 6. The number of benzene rings is 2. The van der Waals surface area contributed by atoms with E-state index in [0.717, 1.165) is 16.6 Å². The number of nitrogens with zero attached hydrogens (tertiary/aromatic N) is 2. The topological polar surface area (TPSA) is 81.2 Å². The van der Waals surface area contributed by atoms with Gasteiger partial charge in [0.2, 0.25) is 5.91 Å². The average molecular weight is 452 g/mol. The first-order chi connectivity index (χ1) is 15.0. The summed E-state index contributed by atoms with van der Waals surface area (Å²) in [6.45, 7) is 1.97. The van der Waals surface area contributed by atoms with Crippen LogP contribution in [-0.4, -0.2) is 21.8 Å². The van der Waals surface area contributed by atoms with Gasteiger partial charge in [-0.15, -0.1) is 11.3 Å². The van der Waals surface area contributed by atoms with Crippen molar-refractivity contribution in [2.24, 2.45) is 0 Å². The Morgan fingerprint density at radius 3 is 2.77 bits per heavy atom. The van der Waals surface area contributed by atoms with Crippen LogP contribution in [0, 0.1) is 6.92 Å². The Hall–Kier alpha value is -3.29.